The minimum Gasteiger partial charge on any atom is -0.454 e. The summed E-state index contributed by atoms with van der Waals surface area (Å²) in [6, 6.07) is 6.01. The molecule has 1 N–H and O–H groups in total. The molecule has 3 rings (SSSR count). The van der Waals surface area contributed by atoms with Crippen LogP contribution < -0.4 is 14.2 Å². The van der Waals surface area contributed by atoms with Gasteiger partial charge in [0.1, 0.15) is 4.90 Å². The van der Waals surface area contributed by atoms with E-state index >= 15 is 0 Å². The van der Waals surface area contributed by atoms with E-state index in [2.05, 4.69) is 4.98 Å². The van der Waals surface area contributed by atoms with E-state index in [-0.39, 0.29) is 11.7 Å². The van der Waals surface area contributed by atoms with E-state index in [0.29, 0.717) is 22.1 Å². The number of halogens is 1. The molecule has 0 spiro atoms. The van der Waals surface area contributed by atoms with Gasteiger partial charge in [-0.1, -0.05) is 11.6 Å². The number of ether oxygens (including phenoxy) is 2. The summed E-state index contributed by atoms with van der Waals surface area (Å²) in [5.41, 5.74) is 0.568. The van der Waals surface area contributed by atoms with Gasteiger partial charge in [-0.25, -0.2) is 13.1 Å². The normalized spacial score (nSPS) is 13.2. The number of amides is 1. The van der Waals surface area contributed by atoms with Crippen LogP contribution in [0.1, 0.15) is 5.56 Å². The Balaban J connectivity index is 1.73. The predicted octanol–water partition coefficient (Wildman–Crippen LogP) is 1.98. The van der Waals surface area contributed by atoms with Crippen molar-refractivity contribution in [1.29, 1.82) is 0 Å². The van der Waals surface area contributed by atoms with Crippen molar-refractivity contribution >= 4 is 33.6 Å². The van der Waals surface area contributed by atoms with E-state index in [1.165, 1.54) is 24.4 Å². The van der Waals surface area contributed by atoms with E-state index < -0.39 is 15.9 Å². The summed E-state index contributed by atoms with van der Waals surface area (Å²) >= 11 is 6.03. The lowest BCUT2D eigenvalue weighted by Crippen LogP contribution is -2.29. The van der Waals surface area contributed by atoms with Crippen molar-refractivity contribution in [3.63, 3.8) is 0 Å². The number of hydrogen-bond acceptors (Lipinski definition) is 6. The van der Waals surface area contributed by atoms with Gasteiger partial charge in [0.2, 0.25) is 6.79 Å². The topological polar surface area (TPSA) is 94.6 Å². The maximum Gasteiger partial charge on any atom is 0.265 e. The molecule has 0 unspecified atom stereocenters. The number of aromatic nitrogens is 1. The van der Waals surface area contributed by atoms with Crippen LogP contribution in [0.4, 0.5) is 0 Å². The highest BCUT2D eigenvalue weighted by Crippen LogP contribution is 2.40. The van der Waals surface area contributed by atoms with E-state index in [4.69, 9.17) is 21.1 Å². The molecular weight excluding hydrogens is 356 g/mol. The summed E-state index contributed by atoms with van der Waals surface area (Å²) < 4.78 is 36.3. The quantitative estimate of drug-likeness (QED) is 0.831. The fraction of sp³-hybridized carbons (Fsp3) is 0.0667. The van der Waals surface area contributed by atoms with Crippen LogP contribution in [0.5, 0.6) is 11.5 Å². The van der Waals surface area contributed by atoms with Crippen molar-refractivity contribution in [3.05, 3.63) is 53.3 Å². The van der Waals surface area contributed by atoms with Crippen molar-refractivity contribution in [2.75, 3.05) is 6.79 Å². The SMILES string of the molecule is O=C(/C=C/c1cc(Cl)c2c(c1)OCO2)NS(=O)(=O)c1cccnc1. The van der Waals surface area contributed by atoms with Gasteiger partial charge in [-0.3, -0.25) is 9.78 Å². The molecule has 1 aliphatic heterocycles. The highest BCUT2D eigenvalue weighted by molar-refractivity contribution is 7.90. The Morgan fingerprint density at radius 1 is 1.33 bits per heavy atom. The smallest absolute Gasteiger partial charge is 0.265 e. The molecule has 9 heteroatoms. The molecule has 1 amide bonds. The van der Waals surface area contributed by atoms with Crippen molar-refractivity contribution in [1.82, 2.24) is 9.71 Å². The van der Waals surface area contributed by atoms with Gasteiger partial charge >= 0.3 is 0 Å². The first kappa shape index (κ1) is 16.3. The van der Waals surface area contributed by atoms with Crippen LogP contribution in [0.15, 0.2) is 47.6 Å². The molecule has 0 fully saturated rings. The Labute approximate surface area is 142 Å². The summed E-state index contributed by atoms with van der Waals surface area (Å²) in [7, 11) is -3.97. The average molecular weight is 367 g/mol. The second kappa shape index (κ2) is 6.50. The molecule has 1 aliphatic rings. The molecule has 1 aromatic carbocycles. The third-order valence-corrected chi connectivity index (χ3v) is 4.67. The van der Waals surface area contributed by atoms with Gasteiger partial charge < -0.3 is 9.47 Å². The third-order valence-electron chi connectivity index (χ3n) is 3.06. The Morgan fingerprint density at radius 2 is 2.17 bits per heavy atom. The molecule has 0 saturated carbocycles. The van der Waals surface area contributed by atoms with Gasteiger partial charge in [-0.05, 0) is 35.9 Å². The van der Waals surface area contributed by atoms with Crippen LogP contribution in [-0.4, -0.2) is 26.1 Å². The second-order valence-corrected chi connectivity index (χ2v) is 6.82. The summed E-state index contributed by atoms with van der Waals surface area (Å²) in [6.07, 6.45) is 5.09. The number of fused-ring (bicyclic) bond motifs is 1. The number of pyridine rings is 1. The summed E-state index contributed by atoms with van der Waals surface area (Å²) in [6.45, 7) is 0.0755. The average Bonchev–Trinajstić information content (AvgIpc) is 3.02. The van der Waals surface area contributed by atoms with Gasteiger partial charge in [0.25, 0.3) is 15.9 Å². The fourth-order valence-corrected chi connectivity index (χ4v) is 3.17. The number of carbonyl (C=O) groups is 1. The molecule has 0 aliphatic carbocycles. The lowest BCUT2D eigenvalue weighted by molar-refractivity contribution is -0.114. The maximum atomic E-state index is 12.0. The molecule has 124 valence electrons. The van der Waals surface area contributed by atoms with Gasteiger partial charge in [0.05, 0.1) is 5.02 Å². The van der Waals surface area contributed by atoms with Crippen LogP contribution in [-0.2, 0) is 14.8 Å². The van der Waals surface area contributed by atoms with Crippen LogP contribution in [0.3, 0.4) is 0 Å². The largest absolute Gasteiger partial charge is 0.454 e. The molecule has 0 radical (unpaired) electrons. The van der Waals surface area contributed by atoms with E-state index in [9.17, 15) is 13.2 Å². The molecule has 2 heterocycles. The molecule has 7 nitrogen and oxygen atoms in total. The highest BCUT2D eigenvalue weighted by atomic mass is 35.5. The first-order valence-electron chi connectivity index (χ1n) is 6.70. The lowest BCUT2D eigenvalue weighted by Gasteiger charge is -2.04. The Hall–Kier alpha value is -2.58. The minimum absolute atomic E-state index is 0.0755. The number of nitrogens with zero attached hydrogens (tertiary/aromatic N) is 1. The van der Waals surface area contributed by atoms with Crippen molar-refractivity contribution in [3.8, 4) is 11.5 Å². The highest BCUT2D eigenvalue weighted by Gasteiger charge is 2.18. The van der Waals surface area contributed by atoms with Gasteiger partial charge in [-0.15, -0.1) is 0 Å². The molecular formula is C15H11ClN2O5S. The van der Waals surface area contributed by atoms with Crippen molar-refractivity contribution < 1.29 is 22.7 Å². The zero-order chi connectivity index (χ0) is 17.2. The third kappa shape index (κ3) is 3.50. The van der Waals surface area contributed by atoms with Crippen LogP contribution >= 0.6 is 11.6 Å². The zero-order valence-corrected chi connectivity index (χ0v) is 13.7. The summed E-state index contributed by atoms with van der Waals surface area (Å²) in [5, 5.41) is 0.341. The van der Waals surface area contributed by atoms with E-state index in [1.54, 1.807) is 12.1 Å². The van der Waals surface area contributed by atoms with Crippen molar-refractivity contribution in [2.24, 2.45) is 0 Å². The number of sulfonamides is 1. The Kier molecular flexibility index (Phi) is 4.41. The number of benzene rings is 1. The number of carbonyl (C=O) groups excluding carboxylic acids is 1. The Bertz CT molecular complexity index is 913. The molecule has 24 heavy (non-hydrogen) atoms. The molecule has 0 atom stereocenters. The molecule has 2 aromatic rings. The van der Waals surface area contributed by atoms with Gasteiger partial charge in [-0.2, -0.15) is 0 Å². The fourth-order valence-electron chi connectivity index (χ4n) is 1.99. The van der Waals surface area contributed by atoms with Crippen LogP contribution in [0.2, 0.25) is 5.02 Å². The van der Waals surface area contributed by atoms with Crippen LogP contribution in [0.25, 0.3) is 6.08 Å². The standard InChI is InChI=1S/C15H11ClN2O5S/c16-12-6-10(7-13-15(12)23-9-22-13)3-4-14(19)18-24(20,21)11-2-1-5-17-8-11/h1-8H,9H2,(H,18,19)/b4-3+. The summed E-state index contributed by atoms with van der Waals surface area (Å²) in [5.74, 6) is 0.107. The van der Waals surface area contributed by atoms with Gasteiger partial charge in [0.15, 0.2) is 11.5 Å². The number of nitrogens with one attached hydrogen (secondary N) is 1. The minimum atomic E-state index is -3.97. The van der Waals surface area contributed by atoms with Gasteiger partial charge in [0, 0.05) is 18.5 Å². The predicted molar refractivity (Wildman–Crippen MR) is 86.2 cm³/mol. The monoisotopic (exact) mass is 366 g/mol. The second-order valence-electron chi connectivity index (χ2n) is 4.73. The van der Waals surface area contributed by atoms with E-state index in [0.717, 1.165) is 12.3 Å². The maximum absolute atomic E-state index is 12.0. The first-order valence-corrected chi connectivity index (χ1v) is 8.56. The molecule has 1 aromatic heterocycles. The number of hydrogen-bond donors (Lipinski definition) is 1. The molecule has 0 bridgehead atoms. The van der Waals surface area contributed by atoms with E-state index in [1.807, 2.05) is 4.72 Å². The number of rotatable bonds is 4. The zero-order valence-electron chi connectivity index (χ0n) is 12.1. The Morgan fingerprint density at radius 3 is 2.92 bits per heavy atom. The molecule has 0 saturated heterocycles. The first-order chi connectivity index (χ1) is 11.5. The van der Waals surface area contributed by atoms with Crippen LogP contribution in [0, 0.1) is 0 Å². The summed E-state index contributed by atoms with van der Waals surface area (Å²) in [4.78, 5) is 15.4. The van der Waals surface area contributed by atoms with Crippen molar-refractivity contribution in [2.45, 2.75) is 4.90 Å². The lowest BCUT2D eigenvalue weighted by atomic mass is 10.2.